The molecule has 0 aromatic heterocycles. The molecule has 2 amide bonds. The highest BCUT2D eigenvalue weighted by Gasteiger charge is 2.37. The lowest BCUT2D eigenvalue weighted by Crippen LogP contribution is -2.41. The normalized spacial score (nSPS) is 18.5. The molecule has 0 atom stereocenters. The number of hydrogen-bond acceptors (Lipinski definition) is 3. The van der Waals surface area contributed by atoms with Crippen LogP contribution in [-0.2, 0) is 22.0 Å². The lowest BCUT2D eigenvalue weighted by Gasteiger charge is -2.41. The smallest absolute Gasteiger partial charge is 0.338 e. The molecule has 176 valence electrons. The molecule has 5 heteroatoms. The summed E-state index contributed by atoms with van der Waals surface area (Å²) < 4.78 is 5.58. The number of carbonyl (C=O) groups excluding carboxylic acids is 2. The maximum Gasteiger partial charge on any atom is 0.338 e. The molecule has 2 aromatic rings. The minimum atomic E-state index is -0.275. The van der Waals surface area contributed by atoms with Crippen LogP contribution in [0.5, 0.6) is 0 Å². The first-order valence-corrected chi connectivity index (χ1v) is 12.1. The number of carbonyl (C=O) groups is 2. The minimum absolute atomic E-state index is 0.0612. The molecule has 2 aromatic carbocycles. The van der Waals surface area contributed by atoms with E-state index in [1.807, 2.05) is 36.4 Å². The summed E-state index contributed by atoms with van der Waals surface area (Å²) >= 11 is 0. The zero-order valence-corrected chi connectivity index (χ0v) is 20.3. The van der Waals surface area contributed by atoms with Crippen LogP contribution in [0, 0.1) is 0 Å². The monoisotopic (exact) mass is 448 g/mol. The highest BCUT2D eigenvalue weighted by molar-refractivity contribution is 5.90. The molecule has 1 saturated carbocycles. The van der Waals surface area contributed by atoms with Gasteiger partial charge in [0.2, 0.25) is 0 Å². The molecule has 0 saturated heterocycles. The Kier molecular flexibility index (Phi) is 6.51. The third-order valence-corrected chi connectivity index (χ3v) is 7.36. The number of amides is 2. The van der Waals surface area contributed by atoms with Gasteiger partial charge in [-0.3, -0.25) is 0 Å². The van der Waals surface area contributed by atoms with Crippen molar-refractivity contribution in [2.75, 3.05) is 11.9 Å². The summed E-state index contributed by atoms with van der Waals surface area (Å²) in [6.07, 6.45) is 6.20. The predicted molar refractivity (Wildman–Crippen MR) is 132 cm³/mol. The molecule has 5 nitrogen and oxygen atoms in total. The van der Waals surface area contributed by atoms with Crippen molar-refractivity contribution in [3.05, 3.63) is 64.7 Å². The van der Waals surface area contributed by atoms with E-state index in [9.17, 15) is 9.59 Å². The molecule has 4 rings (SSSR count). The van der Waals surface area contributed by atoms with Crippen molar-refractivity contribution in [2.24, 2.45) is 0 Å². The van der Waals surface area contributed by atoms with Crippen LogP contribution in [0.1, 0.15) is 86.8 Å². The Morgan fingerprint density at radius 3 is 2.24 bits per heavy atom. The van der Waals surface area contributed by atoms with Gasteiger partial charge >= 0.3 is 12.0 Å². The number of rotatable bonds is 6. The van der Waals surface area contributed by atoms with E-state index in [1.165, 1.54) is 17.5 Å². The Morgan fingerprint density at radius 1 is 0.939 bits per heavy atom. The topological polar surface area (TPSA) is 67.4 Å². The fraction of sp³-hybridized carbons (Fsp3) is 0.500. The number of nitrogens with one attached hydrogen (secondary N) is 2. The third-order valence-electron chi connectivity index (χ3n) is 7.36. The van der Waals surface area contributed by atoms with Crippen molar-refractivity contribution in [3.63, 3.8) is 0 Å². The standard InChI is InChI=1S/C28H36N2O3/c1-27(2)15-16-28(3,4)24-18-20(10-13-23(24)27)25(31)33-17-14-19-8-11-22(12-9-19)30-26(32)29-21-6-5-7-21/h8-13,18,21H,5-7,14-17H2,1-4H3,(H2,29,30,32). The van der Waals surface area contributed by atoms with Gasteiger partial charge in [0.05, 0.1) is 12.2 Å². The first-order chi connectivity index (χ1) is 15.6. The Morgan fingerprint density at radius 2 is 1.61 bits per heavy atom. The van der Waals surface area contributed by atoms with Crippen molar-refractivity contribution in [3.8, 4) is 0 Å². The number of benzene rings is 2. The largest absolute Gasteiger partial charge is 0.462 e. The van der Waals surface area contributed by atoms with Gasteiger partial charge in [0, 0.05) is 18.2 Å². The van der Waals surface area contributed by atoms with Gasteiger partial charge in [-0.25, -0.2) is 9.59 Å². The van der Waals surface area contributed by atoms with Gasteiger partial charge in [0.1, 0.15) is 0 Å². The van der Waals surface area contributed by atoms with E-state index in [0.29, 0.717) is 24.6 Å². The molecule has 0 bridgehead atoms. The van der Waals surface area contributed by atoms with E-state index >= 15 is 0 Å². The van der Waals surface area contributed by atoms with Crippen LogP contribution in [0.2, 0.25) is 0 Å². The average Bonchev–Trinajstić information content (AvgIpc) is 2.75. The van der Waals surface area contributed by atoms with Crippen molar-refractivity contribution in [1.29, 1.82) is 0 Å². The molecular weight excluding hydrogens is 412 g/mol. The number of fused-ring (bicyclic) bond motifs is 1. The Hall–Kier alpha value is -2.82. The molecule has 2 aliphatic rings. The third kappa shape index (κ3) is 5.40. The fourth-order valence-electron chi connectivity index (χ4n) is 4.72. The second-order valence-electron chi connectivity index (χ2n) is 10.8. The number of esters is 1. The van der Waals surface area contributed by atoms with Crippen molar-refractivity contribution < 1.29 is 14.3 Å². The molecule has 2 aliphatic carbocycles. The fourth-order valence-corrected chi connectivity index (χ4v) is 4.72. The second-order valence-corrected chi connectivity index (χ2v) is 10.8. The summed E-state index contributed by atoms with van der Waals surface area (Å²) in [4.78, 5) is 24.7. The van der Waals surface area contributed by atoms with E-state index in [2.05, 4.69) is 44.4 Å². The first-order valence-electron chi connectivity index (χ1n) is 12.1. The Bertz CT molecular complexity index is 1020. The van der Waals surface area contributed by atoms with Crippen LogP contribution in [0.15, 0.2) is 42.5 Å². The number of hydrogen-bond donors (Lipinski definition) is 2. The number of urea groups is 1. The summed E-state index contributed by atoms with van der Waals surface area (Å²) in [5, 5.41) is 5.83. The van der Waals surface area contributed by atoms with Crippen LogP contribution in [0.4, 0.5) is 10.5 Å². The van der Waals surface area contributed by atoms with E-state index in [0.717, 1.165) is 36.9 Å². The molecule has 0 aliphatic heterocycles. The minimum Gasteiger partial charge on any atom is -0.462 e. The number of ether oxygens (including phenoxy) is 1. The maximum absolute atomic E-state index is 12.7. The van der Waals surface area contributed by atoms with E-state index < -0.39 is 0 Å². The highest BCUT2D eigenvalue weighted by Crippen LogP contribution is 2.45. The van der Waals surface area contributed by atoms with Gasteiger partial charge in [-0.15, -0.1) is 0 Å². The van der Waals surface area contributed by atoms with E-state index in [-0.39, 0.29) is 22.8 Å². The van der Waals surface area contributed by atoms with Crippen LogP contribution < -0.4 is 10.6 Å². The van der Waals surface area contributed by atoms with Crippen LogP contribution in [0.3, 0.4) is 0 Å². The van der Waals surface area contributed by atoms with Crippen LogP contribution in [0.25, 0.3) is 0 Å². The summed E-state index contributed by atoms with van der Waals surface area (Å²) in [6.45, 7) is 9.39. The number of anilines is 1. The van der Waals surface area contributed by atoms with Gasteiger partial charge < -0.3 is 15.4 Å². The van der Waals surface area contributed by atoms with Crippen molar-refractivity contribution in [1.82, 2.24) is 5.32 Å². The first kappa shape index (κ1) is 23.3. The molecule has 0 spiro atoms. The second kappa shape index (κ2) is 9.20. The predicted octanol–water partition coefficient (Wildman–Crippen LogP) is 6.11. The van der Waals surface area contributed by atoms with Gasteiger partial charge in [0.25, 0.3) is 0 Å². The summed E-state index contributed by atoms with van der Waals surface area (Å²) in [5.74, 6) is -0.275. The van der Waals surface area contributed by atoms with Gasteiger partial charge in [-0.05, 0) is 83.9 Å². The maximum atomic E-state index is 12.7. The molecule has 33 heavy (non-hydrogen) atoms. The summed E-state index contributed by atoms with van der Waals surface area (Å²) in [6, 6.07) is 13.9. The Labute approximate surface area is 197 Å². The van der Waals surface area contributed by atoms with Crippen molar-refractivity contribution >= 4 is 17.7 Å². The lowest BCUT2D eigenvalue weighted by molar-refractivity contribution is 0.0509. The van der Waals surface area contributed by atoms with Crippen LogP contribution in [-0.4, -0.2) is 24.6 Å². The molecule has 0 radical (unpaired) electrons. The SMILES string of the molecule is CC1(C)CCC(C)(C)c2cc(C(=O)OCCc3ccc(NC(=O)NC4CCC4)cc3)ccc21. The molecule has 2 N–H and O–H groups in total. The molecule has 1 fully saturated rings. The zero-order valence-electron chi connectivity index (χ0n) is 20.3. The highest BCUT2D eigenvalue weighted by atomic mass is 16.5. The molecular formula is C28H36N2O3. The van der Waals surface area contributed by atoms with Gasteiger partial charge in [0.15, 0.2) is 0 Å². The van der Waals surface area contributed by atoms with Gasteiger partial charge in [-0.1, -0.05) is 45.9 Å². The quantitative estimate of drug-likeness (QED) is 0.524. The molecule has 0 unspecified atom stereocenters. The van der Waals surface area contributed by atoms with E-state index in [4.69, 9.17) is 4.74 Å². The lowest BCUT2D eigenvalue weighted by atomic mass is 9.63. The van der Waals surface area contributed by atoms with E-state index in [1.54, 1.807) is 0 Å². The average molecular weight is 449 g/mol. The summed E-state index contributed by atoms with van der Waals surface area (Å²) in [5.41, 5.74) is 5.23. The zero-order chi connectivity index (χ0) is 23.6. The van der Waals surface area contributed by atoms with Gasteiger partial charge in [-0.2, -0.15) is 0 Å². The van der Waals surface area contributed by atoms with Crippen LogP contribution >= 0.6 is 0 Å². The van der Waals surface area contributed by atoms with Crippen molar-refractivity contribution in [2.45, 2.75) is 83.1 Å². The summed E-state index contributed by atoms with van der Waals surface area (Å²) in [7, 11) is 0. The molecule has 0 heterocycles. The Balaban J connectivity index is 1.30.